The van der Waals surface area contributed by atoms with Gasteiger partial charge in [0.15, 0.2) is 0 Å². The zero-order valence-electron chi connectivity index (χ0n) is 19.1. The Kier molecular flexibility index (Phi) is 10.2. The molecule has 3 N–H and O–H groups in total. The lowest BCUT2D eigenvalue weighted by Gasteiger charge is -2.25. The number of halogens is 2. The van der Waals surface area contributed by atoms with Crippen LogP contribution in [0.25, 0.3) is 0 Å². The quantitative estimate of drug-likeness (QED) is 0.425. The zero-order chi connectivity index (χ0) is 25.3. The van der Waals surface area contributed by atoms with Gasteiger partial charge in [-0.1, -0.05) is 53.5 Å². The van der Waals surface area contributed by atoms with Crippen LogP contribution in [0.15, 0.2) is 48.5 Å². The smallest absolute Gasteiger partial charge is 0.408 e. The number of nitrogens with one attached hydrogen (secondary N) is 2. The second-order valence-corrected chi connectivity index (χ2v) is 9.43. The van der Waals surface area contributed by atoms with Gasteiger partial charge in [-0.05, 0) is 50.1 Å². The molecule has 0 aliphatic carbocycles. The highest BCUT2D eigenvalue weighted by Crippen LogP contribution is 2.25. The zero-order valence-corrected chi connectivity index (χ0v) is 20.7. The van der Waals surface area contributed by atoms with Gasteiger partial charge in [-0.3, -0.25) is 9.59 Å². The Morgan fingerprint density at radius 1 is 1.00 bits per heavy atom. The summed E-state index contributed by atoms with van der Waals surface area (Å²) >= 11 is 12.1. The van der Waals surface area contributed by atoms with Gasteiger partial charge in [0.05, 0.1) is 25.7 Å². The van der Waals surface area contributed by atoms with Crippen LogP contribution in [0.4, 0.5) is 4.79 Å². The number of carboxylic acid groups (broad SMARTS) is 1. The van der Waals surface area contributed by atoms with Crippen LogP contribution in [0.5, 0.6) is 0 Å². The molecule has 34 heavy (non-hydrogen) atoms. The number of alkyl carbamates (subject to hydrolysis) is 1. The minimum atomic E-state index is -1.15. The van der Waals surface area contributed by atoms with E-state index in [-0.39, 0.29) is 13.2 Å². The van der Waals surface area contributed by atoms with Crippen LogP contribution in [0.3, 0.4) is 0 Å². The average Bonchev–Trinajstić information content (AvgIpc) is 2.71. The summed E-state index contributed by atoms with van der Waals surface area (Å²) in [4.78, 5) is 36.9. The molecule has 2 aromatic carbocycles. The first kappa shape index (κ1) is 27.4. The molecule has 8 nitrogen and oxygen atoms in total. The van der Waals surface area contributed by atoms with E-state index >= 15 is 0 Å². The van der Waals surface area contributed by atoms with Crippen LogP contribution < -0.4 is 10.6 Å². The molecule has 0 radical (unpaired) electrons. The molecule has 2 aromatic rings. The number of amides is 2. The lowest BCUT2D eigenvalue weighted by atomic mass is 10.0. The monoisotopic (exact) mass is 510 g/mol. The van der Waals surface area contributed by atoms with Gasteiger partial charge >= 0.3 is 12.1 Å². The van der Waals surface area contributed by atoms with E-state index in [9.17, 15) is 19.5 Å². The number of hydrogen-bond donors (Lipinski definition) is 3. The standard InChI is InChI=1S/C24H28Cl2N2O6/c1-24(2,3)34-23(32)28-20(14-33-13-15-7-5-4-6-8-15)22(31)27-19(12-21(29)30)16-9-17(25)11-18(26)10-16/h4-11,19-20H,12-14H2,1-3H3,(H,27,31)(H,28,32)(H,29,30)/t19-,20-/m0/s1. The minimum Gasteiger partial charge on any atom is -0.481 e. The molecule has 0 heterocycles. The van der Waals surface area contributed by atoms with Gasteiger partial charge in [0.1, 0.15) is 11.6 Å². The van der Waals surface area contributed by atoms with Gasteiger partial charge in [0.25, 0.3) is 0 Å². The SMILES string of the molecule is CC(C)(C)OC(=O)N[C@@H](COCc1ccccc1)C(=O)N[C@@H](CC(=O)O)c1cc(Cl)cc(Cl)c1. The summed E-state index contributed by atoms with van der Waals surface area (Å²) in [5.41, 5.74) is 0.519. The molecule has 10 heteroatoms. The number of hydrogen-bond acceptors (Lipinski definition) is 5. The van der Waals surface area contributed by atoms with Crippen LogP contribution in [-0.4, -0.2) is 41.3 Å². The molecule has 0 spiro atoms. The van der Waals surface area contributed by atoms with Crippen LogP contribution in [0.1, 0.15) is 44.4 Å². The van der Waals surface area contributed by atoms with E-state index in [1.165, 1.54) is 18.2 Å². The molecule has 0 saturated carbocycles. The molecule has 0 aromatic heterocycles. The van der Waals surface area contributed by atoms with Crippen molar-refractivity contribution in [2.24, 2.45) is 0 Å². The summed E-state index contributed by atoms with van der Waals surface area (Å²) in [7, 11) is 0. The molecular weight excluding hydrogens is 483 g/mol. The Morgan fingerprint density at radius 2 is 1.62 bits per heavy atom. The highest BCUT2D eigenvalue weighted by Gasteiger charge is 2.28. The normalized spacial score (nSPS) is 13.0. The highest BCUT2D eigenvalue weighted by molar-refractivity contribution is 6.34. The summed E-state index contributed by atoms with van der Waals surface area (Å²) in [5.74, 6) is -1.79. The Balaban J connectivity index is 2.18. The van der Waals surface area contributed by atoms with E-state index in [0.29, 0.717) is 15.6 Å². The first-order chi connectivity index (χ1) is 15.9. The van der Waals surface area contributed by atoms with Crippen molar-refractivity contribution in [3.05, 3.63) is 69.7 Å². The maximum atomic E-state index is 13.1. The fraction of sp³-hybridized carbons (Fsp3) is 0.375. The first-order valence-electron chi connectivity index (χ1n) is 10.5. The van der Waals surface area contributed by atoms with Gasteiger partial charge < -0.3 is 25.2 Å². The molecule has 2 rings (SSSR count). The Hall–Kier alpha value is -2.81. The second kappa shape index (κ2) is 12.6. The number of carboxylic acids is 1. The number of rotatable bonds is 10. The number of benzene rings is 2. The third-order valence-corrected chi connectivity index (χ3v) is 4.82. The largest absolute Gasteiger partial charge is 0.481 e. The van der Waals surface area contributed by atoms with E-state index in [4.69, 9.17) is 32.7 Å². The van der Waals surface area contributed by atoms with Gasteiger partial charge in [-0.2, -0.15) is 0 Å². The van der Waals surface area contributed by atoms with Crippen LogP contribution in [-0.2, 0) is 25.7 Å². The molecule has 0 bridgehead atoms. The minimum absolute atomic E-state index is 0.171. The van der Waals surface area contributed by atoms with E-state index in [1.807, 2.05) is 30.3 Å². The van der Waals surface area contributed by atoms with Crippen molar-refractivity contribution < 1.29 is 29.0 Å². The summed E-state index contributed by atoms with van der Waals surface area (Å²) < 4.78 is 10.9. The summed E-state index contributed by atoms with van der Waals surface area (Å²) in [5, 5.41) is 15.1. The number of ether oxygens (including phenoxy) is 2. The molecular formula is C24H28Cl2N2O6. The lowest BCUT2D eigenvalue weighted by molar-refractivity contribution is -0.138. The van der Waals surface area contributed by atoms with Crippen molar-refractivity contribution in [2.75, 3.05) is 6.61 Å². The van der Waals surface area contributed by atoms with Gasteiger partial charge in [-0.25, -0.2) is 4.79 Å². The van der Waals surface area contributed by atoms with Gasteiger partial charge in [-0.15, -0.1) is 0 Å². The maximum Gasteiger partial charge on any atom is 0.408 e. The molecule has 0 saturated heterocycles. The second-order valence-electron chi connectivity index (χ2n) is 8.56. The topological polar surface area (TPSA) is 114 Å². The Labute approximate surface area is 208 Å². The van der Waals surface area contributed by atoms with Crippen molar-refractivity contribution in [1.82, 2.24) is 10.6 Å². The van der Waals surface area contributed by atoms with E-state index < -0.39 is 42.1 Å². The Morgan fingerprint density at radius 3 is 2.18 bits per heavy atom. The summed E-state index contributed by atoms with van der Waals surface area (Å²) in [6.45, 7) is 5.12. The first-order valence-corrected chi connectivity index (χ1v) is 11.3. The van der Waals surface area contributed by atoms with E-state index in [0.717, 1.165) is 5.56 Å². The van der Waals surface area contributed by atoms with Gasteiger partial charge in [0, 0.05) is 10.0 Å². The van der Waals surface area contributed by atoms with Crippen molar-refractivity contribution >= 4 is 41.2 Å². The van der Waals surface area contributed by atoms with Crippen molar-refractivity contribution in [1.29, 1.82) is 0 Å². The van der Waals surface area contributed by atoms with Crippen molar-refractivity contribution in [2.45, 2.75) is 51.5 Å². The maximum absolute atomic E-state index is 13.1. The average molecular weight is 511 g/mol. The highest BCUT2D eigenvalue weighted by atomic mass is 35.5. The number of carbonyl (C=O) groups excluding carboxylic acids is 2. The van der Waals surface area contributed by atoms with E-state index in [1.54, 1.807) is 20.8 Å². The van der Waals surface area contributed by atoms with Gasteiger partial charge in [0.2, 0.25) is 5.91 Å². The molecule has 2 atom stereocenters. The van der Waals surface area contributed by atoms with Crippen molar-refractivity contribution in [3.63, 3.8) is 0 Å². The third-order valence-electron chi connectivity index (χ3n) is 4.39. The fourth-order valence-corrected chi connectivity index (χ4v) is 3.52. The number of carbonyl (C=O) groups is 3. The fourth-order valence-electron chi connectivity index (χ4n) is 2.98. The van der Waals surface area contributed by atoms with E-state index in [2.05, 4.69) is 10.6 Å². The third kappa shape index (κ3) is 9.99. The predicted octanol–water partition coefficient (Wildman–Crippen LogP) is 4.74. The Bertz CT molecular complexity index is 974. The molecule has 0 aliphatic heterocycles. The van der Waals surface area contributed by atoms with Crippen LogP contribution in [0.2, 0.25) is 10.0 Å². The summed E-state index contributed by atoms with van der Waals surface area (Å²) in [6, 6.07) is 11.7. The molecule has 0 unspecified atom stereocenters. The molecule has 0 fully saturated rings. The predicted molar refractivity (Wildman–Crippen MR) is 129 cm³/mol. The lowest BCUT2D eigenvalue weighted by Crippen LogP contribution is -2.51. The molecule has 184 valence electrons. The van der Waals surface area contributed by atoms with Crippen LogP contribution >= 0.6 is 23.2 Å². The molecule has 0 aliphatic rings. The molecule has 2 amide bonds. The van der Waals surface area contributed by atoms with Crippen LogP contribution in [0, 0.1) is 0 Å². The summed E-state index contributed by atoms with van der Waals surface area (Å²) in [6.07, 6.45) is -1.23. The van der Waals surface area contributed by atoms with Crippen molar-refractivity contribution in [3.8, 4) is 0 Å². The number of aliphatic carboxylic acids is 1.